The van der Waals surface area contributed by atoms with Crippen LogP contribution in [0.5, 0.6) is 0 Å². The number of aryl methyl sites for hydroxylation is 2. The molecule has 33 heavy (non-hydrogen) atoms. The molecule has 0 radical (unpaired) electrons. The summed E-state index contributed by atoms with van der Waals surface area (Å²) in [4.78, 5) is 18.1. The predicted molar refractivity (Wildman–Crippen MR) is 135 cm³/mol. The van der Waals surface area contributed by atoms with Crippen molar-refractivity contribution in [1.82, 2.24) is 9.55 Å². The van der Waals surface area contributed by atoms with E-state index in [1.165, 1.54) is 16.7 Å². The van der Waals surface area contributed by atoms with E-state index in [0.29, 0.717) is 12.1 Å². The van der Waals surface area contributed by atoms with Gasteiger partial charge in [-0.1, -0.05) is 37.5 Å². The van der Waals surface area contributed by atoms with Gasteiger partial charge in [-0.3, -0.25) is 13.7 Å². The Hall–Kier alpha value is -1.91. The van der Waals surface area contributed by atoms with Crippen molar-refractivity contribution >= 4 is 38.9 Å². The van der Waals surface area contributed by atoms with E-state index in [-0.39, 0.29) is 17.4 Å². The summed E-state index contributed by atoms with van der Waals surface area (Å²) < 4.78 is 43.3. The van der Waals surface area contributed by atoms with Crippen molar-refractivity contribution in [1.29, 1.82) is 0 Å². The molecule has 0 atom stereocenters. The molecular weight excluding hydrogens is 481 g/mol. The molecule has 0 bridgehead atoms. The molecule has 0 spiro atoms. The van der Waals surface area contributed by atoms with E-state index in [0.717, 1.165) is 58.2 Å². The predicted octanol–water partition coefficient (Wildman–Crippen LogP) is 5.72. The van der Waals surface area contributed by atoms with Gasteiger partial charge in [-0.05, 0) is 57.4 Å². The molecule has 2 aliphatic rings. The number of benzene rings is 1. The van der Waals surface area contributed by atoms with Gasteiger partial charge in [-0.15, -0.1) is 23.1 Å². The maximum Gasteiger partial charge on any atom is 0.354 e. The van der Waals surface area contributed by atoms with E-state index in [1.807, 2.05) is 13.8 Å². The number of alkyl halides is 1. The van der Waals surface area contributed by atoms with Crippen LogP contribution >= 0.6 is 23.1 Å². The summed E-state index contributed by atoms with van der Waals surface area (Å²) in [7, 11) is -3.91. The molecule has 180 valence electrons. The number of nitrogens with zero attached hydrogens (tertiary/aromatic N) is 2. The molecule has 3 rings (SSSR count). The van der Waals surface area contributed by atoms with E-state index in [9.17, 15) is 17.6 Å². The summed E-state index contributed by atoms with van der Waals surface area (Å²) in [5, 5.41) is 0. The highest BCUT2D eigenvalue weighted by Gasteiger charge is 2.27. The van der Waals surface area contributed by atoms with E-state index in [2.05, 4.69) is 16.6 Å². The standard InChI is InChI=1S/C23H30FN3O3S3/c1-4-5-9-19-17(3)27-20(22(32-19)31-15-8-6-7-14-24)21(25-23(27)28)26-33(29,30)18-12-10-16(2)11-13-18/h10-13H,4-9,14-15H2,1-3H3,(H,25,26,28). The Morgan fingerprint density at radius 2 is 1.85 bits per heavy atom. The first-order valence-corrected chi connectivity index (χ1v) is 14.4. The molecule has 2 heterocycles. The number of halogens is 1. The molecule has 0 aliphatic carbocycles. The number of nitrogens with one attached hydrogen (secondary N) is 1. The maximum atomic E-state index is 13.0. The number of fused-ring (bicyclic) bond motifs is 1. The van der Waals surface area contributed by atoms with Gasteiger partial charge in [-0.25, -0.2) is 13.2 Å². The van der Waals surface area contributed by atoms with Crippen LogP contribution in [0.15, 0.2) is 38.2 Å². The van der Waals surface area contributed by atoms with Crippen molar-refractivity contribution in [3.05, 3.63) is 50.9 Å². The molecule has 0 amide bonds. The lowest BCUT2D eigenvalue weighted by atomic mass is 10.2. The minimum absolute atomic E-state index is 0.0493. The quantitative estimate of drug-likeness (QED) is 0.248. The van der Waals surface area contributed by atoms with Gasteiger partial charge in [0.2, 0.25) is 0 Å². The lowest BCUT2D eigenvalue weighted by Crippen LogP contribution is -2.18. The third-order valence-corrected chi connectivity index (χ3v) is 9.36. The Bertz CT molecular complexity index is 1200. The molecule has 1 N–H and O–H groups in total. The van der Waals surface area contributed by atoms with Gasteiger partial charge >= 0.3 is 5.69 Å². The average molecular weight is 512 g/mol. The fraction of sp³-hybridized carbons (Fsp3) is 0.478. The number of aromatic nitrogens is 2. The van der Waals surface area contributed by atoms with Crippen LogP contribution in [0.1, 0.15) is 55.2 Å². The minimum atomic E-state index is -3.91. The second kappa shape index (κ2) is 11.5. The summed E-state index contributed by atoms with van der Waals surface area (Å²) in [6.45, 7) is 5.56. The first-order valence-electron chi connectivity index (χ1n) is 11.1. The van der Waals surface area contributed by atoms with Crippen LogP contribution in [0.4, 0.5) is 10.2 Å². The number of unbranched alkanes of at least 4 members (excludes halogenated alkanes) is 3. The summed E-state index contributed by atoms with van der Waals surface area (Å²) in [6, 6.07) is 6.52. The zero-order chi connectivity index (χ0) is 24.0. The van der Waals surface area contributed by atoms with Crippen LogP contribution in [-0.2, 0) is 16.4 Å². The van der Waals surface area contributed by atoms with Crippen LogP contribution < -0.4 is 10.4 Å². The number of anilines is 1. The Kier molecular flexibility index (Phi) is 8.95. The second-order valence-corrected chi connectivity index (χ2v) is 12.1. The highest BCUT2D eigenvalue weighted by atomic mass is 32.2. The Morgan fingerprint density at radius 3 is 2.52 bits per heavy atom. The normalized spacial score (nSPS) is 11.9. The Morgan fingerprint density at radius 1 is 1.12 bits per heavy atom. The molecule has 0 fully saturated rings. The third kappa shape index (κ3) is 6.16. The van der Waals surface area contributed by atoms with Crippen LogP contribution in [0.2, 0.25) is 0 Å². The minimum Gasteiger partial charge on any atom is -0.261 e. The van der Waals surface area contributed by atoms with Crippen molar-refractivity contribution in [2.45, 2.75) is 68.4 Å². The molecule has 10 heteroatoms. The molecule has 1 aromatic carbocycles. The Balaban J connectivity index is 2.02. The summed E-state index contributed by atoms with van der Waals surface area (Å²) in [6.07, 6.45) is 5.05. The van der Waals surface area contributed by atoms with Crippen LogP contribution in [-0.4, -0.2) is 30.4 Å². The van der Waals surface area contributed by atoms with Gasteiger partial charge in [0.25, 0.3) is 10.0 Å². The lowest BCUT2D eigenvalue weighted by molar-refractivity contribution is 0.460. The van der Waals surface area contributed by atoms with Crippen LogP contribution in [0.3, 0.4) is 0 Å². The first-order chi connectivity index (χ1) is 15.8. The van der Waals surface area contributed by atoms with Crippen LogP contribution in [0.25, 0.3) is 5.69 Å². The number of hydrogen-bond acceptors (Lipinski definition) is 6. The molecule has 0 unspecified atom stereocenters. The number of imidazole rings is 1. The maximum absolute atomic E-state index is 13.0. The number of hydrogen-bond donors (Lipinski definition) is 1. The molecular formula is C23H30FN3O3S3. The zero-order valence-electron chi connectivity index (χ0n) is 19.2. The van der Waals surface area contributed by atoms with Crippen molar-refractivity contribution in [3.63, 3.8) is 0 Å². The van der Waals surface area contributed by atoms with E-state index < -0.39 is 15.7 Å². The van der Waals surface area contributed by atoms with E-state index in [4.69, 9.17) is 0 Å². The number of sulfonamides is 1. The van der Waals surface area contributed by atoms with Crippen molar-refractivity contribution in [3.8, 4) is 5.69 Å². The van der Waals surface area contributed by atoms with E-state index in [1.54, 1.807) is 35.2 Å². The zero-order valence-corrected chi connectivity index (χ0v) is 21.6. The highest BCUT2D eigenvalue weighted by molar-refractivity contribution is 8.01. The van der Waals surface area contributed by atoms with Crippen molar-refractivity contribution in [2.24, 2.45) is 0 Å². The SMILES string of the molecule is CCCCc1sc(SCCCCCF)c2c(NS(=O)(=O)c3ccc(C)cc3)nc(=O)n-2c1C. The second-order valence-electron chi connectivity index (χ2n) is 7.95. The molecule has 6 nitrogen and oxygen atoms in total. The van der Waals surface area contributed by atoms with Gasteiger partial charge in [0.05, 0.1) is 15.8 Å². The van der Waals surface area contributed by atoms with Gasteiger partial charge in [0.1, 0.15) is 5.69 Å². The third-order valence-electron chi connectivity index (χ3n) is 5.33. The van der Waals surface area contributed by atoms with Gasteiger partial charge in [-0.2, -0.15) is 4.98 Å². The van der Waals surface area contributed by atoms with Gasteiger partial charge in [0.15, 0.2) is 5.82 Å². The average Bonchev–Trinajstić information content (AvgIpc) is 3.10. The van der Waals surface area contributed by atoms with Gasteiger partial charge < -0.3 is 0 Å². The molecule has 1 aromatic rings. The molecule has 0 aromatic heterocycles. The fourth-order valence-corrected chi connectivity index (χ4v) is 7.09. The van der Waals surface area contributed by atoms with Crippen LogP contribution in [0, 0.1) is 13.8 Å². The number of thioether (sulfide) groups is 1. The number of rotatable bonds is 12. The van der Waals surface area contributed by atoms with Crippen molar-refractivity contribution < 1.29 is 12.8 Å². The monoisotopic (exact) mass is 511 g/mol. The first kappa shape index (κ1) is 25.7. The van der Waals surface area contributed by atoms with E-state index >= 15 is 0 Å². The highest BCUT2D eigenvalue weighted by Crippen LogP contribution is 2.39. The largest absolute Gasteiger partial charge is 0.354 e. The van der Waals surface area contributed by atoms with Crippen molar-refractivity contribution in [2.75, 3.05) is 17.1 Å². The molecule has 0 saturated heterocycles. The lowest BCUT2D eigenvalue weighted by Gasteiger charge is -2.17. The molecule has 0 saturated carbocycles. The Labute approximate surface area is 203 Å². The van der Waals surface area contributed by atoms with Gasteiger partial charge in [0, 0.05) is 10.6 Å². The smallest absolute Gasteiger partial charge is 0.261 e. The molecule has 2 aliphatic heterocycles. The summed E-state index contributed by atoms with van der Waals surface area (Å²) in [5.74, 6) is 0.805. The topological polar surface area (TPSA) is 81.1 Å². The summed E-state index contributed by atoms with van der Waals surface area (Å²) >= 11 is 3.16. The summed E-state index contributed by atoms with van der Waals surface area (Å²) in [5.41, 5.74) is 1.75. The fourth-order valence-electron chi connectivity index (χ4n) is 3.44.